The van der Waals surface area contributed by atoms with E-state index in [4.69, 9.17) is 22.1 Å². The van der Waals surface area contributed by atoms with Gasteiger partial charge in [0.15, 0.2) is 12.4 Å². The number of rotatable bonds is 3. The van der Waals surface area contributed by atoms with Crippen molar-refractivity contribution in [2.45, 2.75) is 32.4 Å². The number of nitrogen functional groups attached to an aromatic ring is 1. The normalized spacial score (nSPS) is 13.8. The minimum atomic E-state index is -0.511. The fraction of sp³-hybridized carbons (Fsp3) is 0.357. The number of esters is 1. The summed E-state index contributed by atoms with van der Waals surface area (Å²) in [5, 5.41) is 8.64. The summed E-state index contributed by atoms with van der Waals surface area (Å²) in [6.07, 6.45) is 3.13. The van der Waals surface area contributed by atoms with Gasteiger partial charge in [0.1, 0.15) is 5.82 Å². The number of benzene rings is 1. The summed E-state index contributed by atoms with van der Waals surface area (Å²) in [5.74, 6) is 1.11. The number of aryl methyl sites for hydroxylation is 1. The molecule has 0 radical (unpaired) electrons. The maximum Gasteiger partial charge on any atom is 0.340 e. The van der Waals surface area contributed by atoms with E-state index in [1.54, 1.807) is 12.1 Å². The van der Waals surface area contributed by atoms with Gasteiger partial charge in [0.25, 0.3) is 0 Å². The molecule has 1 aliphatic heterocycles. The van der Waals surface area contributed by atoms with E-state index in [2.05, 4.69) is 10.2 Å². The van der Waals surface area contributed by atoms with Crippen LogP contribution in [-0.2, 0) is 24.3 Å². The predicted octanol–water partition coefficient (Wildman–Crippen LogP) is 2.21. The highest BCUT2D eigenvalue weighted by Crippen LogP contribution is 2.20. The molecule has 1 aromatic heterocycles. The molecule has 3 rings (SSSR count). The van der Waals surface area contributed by atoms with Crippen molar-refractivity contribution in [2.75, 3.05) is 5.73 Å². The van der Waals surface area contributed by atoms with Crippen LogP contribution in [0.25, 0.3) is 0 Å². The average molecular weight is 307 g/mol. The zero-order valence-electron chi connectivity index (χ0n) is 11.4. The van der Waals surface area contributed by atoms with Crippen molar-refractivity contribution in [3.05, 3.63) is 40.4 Å². The second-order valence-corrected chi connectivity index (χ2v) is 5.39. The molecule has 0 saturated heterocycles. The minimum Gasteiger partial charge on any atom is -0.454 e. The number of hydrogen-bond donors (Lipinski definition) is 1. The van der Waals surface area contributed by atoms with Gasteiger partial charge in [-0.2, -0.15) is 0 Å². The Labute approximate surface area is 126 Å². The summed E-state index contributed by atoms with van der Waals surface area (Å²) in [7, 11) is 0. The van der Waals surface area contributed by atoms with E-state index in [0.29, 0.717) is 16.5 Å². The van der Waals surface area contributed by atoms with Gasteiger partial charge in [-0.25, -0.2) is 4.79 Å². The van der Waals surface area contributed by atoms with Crippen LogP contribution in [0, 0.1) is 0 Å². The average Bonchev–Trinajstić information content (AvgIpc) is 2.90. The quantitative estimate of drug-likeness (QED) is 0.694. The predicted molar refractivity (Wildman–Crippen MR) is 77.9 cm³/mol. The molecule has 110 valence electrons. The molecule has 0 bridgehead atoms. The first-order valence-corrected chi connectivity index (χ1v) is 7.16. The lowest BCUT2D eigenvalue weighted by atomic mass is 10.2. The van der Waals surface area contributed by atoms with E-state index < -0.39 is 5.97 Å². The van der Waals surface area contributed by atoms with Crippen molar-refractivity contribution in [1.29, 1.82) is 0 Å². The number of nitrogens with zero attached hydrogens (tertiary/aromatic N) is 3. The van der Waals surface area contributed by atoms with Crippen LogP contribution in [0.2, 0.25) is 5.02 Å². The molecule has 2 heterocycles. The van der Waals surface area contributed by atoms with Crippen molar-refractivity contribution < 1.29 is 9.53 Å². The fourth-order valence-corrected chi connectivity index (χ4v) is 2.56. The first kappa shape index (κ1) is 13.9. The summed E-state index contributed by atoms with van der Waals surface area (Å²) < 4.78 is 7.29. The highest BCUT2D eigenvalue weighted by Gasteiger charge is 2.18. The van der Waals surface area contributed by atoms with Crippen LogP contribution in [0.4, 0.5) is 5.69 Å². The fourth-order valence-electron chi connectivity index (χ4n) is 2.39. The number of nitrogens with two attached hydrogens (primary N) is 1. The lowest BCUT2D eigenvalue weighted by Gasteiger charge is -2.14. The van der Waals surface area contributed by atoms with E-state index in [0.717, 1.165) is 31.6 Å². The van der Waals surface area contributed by atoms with E-state index in [1.165, 1.54) is 6.07 Å². The number of hydrogen-bond acceptors (Lipinski definition) is 5. The summed E-state index contributed by atoms with van der Waals surface area (Å²) >= 11 is 5.87. The Hall–Kier alpha value is -2.08. The molecule has 21 heavy (non-hydrogen) atoms. The Morgan fingerprint density at radius 1 is 1.38 bits per heavy atom. The largest absolute Gasteiger partial charge is 0.454 e. The highest BCUT2D eigenvalue weighted by molar-refractivity contribution is 6.31. The number of carbonyl (C=O) groups excluding carboxylic acids is 1. The molecule has 1 aromatic carbocycles. The monoisotopic (exact) mass is 306 g/mol. The number of fused-ring (bicyclic) bond motifs is 1. The third kappa shape index (κ3) is 2.85. The molecule has 0 aliphatic carbocycles. The number of anilines is 1. The molecule has 0 spiro atoms. The summed E-state index contributed by atoms with van der Waals surface area (Å²) in [5.41, 5.74) is 6.36. The number of halogens is 1. The maximum absolute atomic E-state index is 12.1. The lowest BCUT2D eigenvalue weighted by molar-refractivity contribution is 0.0458. The van der Waals surface area contributed by atoms with Crippen molar-refractivity contribution in [2.24, 2.45) is 0 Å². The van der Waals surface area contributed by atoms with Gasteiger partial charge < -0.3 is 15.0 Å². The standard InChI is InChI=1S/C14H15ClN4O2/c15-9-4-5-11(16)10(7-9)14(20)21-8-13-18-17-12-3-1-2-6-19(12)13/h4-5,7H,1-3,6,8,16H2. The summed E-state index contributed by atoms with van der Waals surface area (Å²) in [6.45, 7) is 0.951. The number of carbonyl (C=O) groups is 1. The van der Waals surface area contributed by atoms with Gasteiger partial charge >= 0.3 is 5.97 Å². The van der Waals surface area contributed by atoms with Crippen molar-refractivity contribution in [3.63, 3.8) is 0 Å². The van der Waals surface area contributed by atoms with E-state index in [9.17, 15) is 4.79 Å². The van der Waals surface area contributed by atoms with E-state index in [-0.39, 0.29) is 12.2 Å². The SMILES string of the molecule is Nc1ccc(Cl)cc1C(=O)OCc1nnc2n1CCCC2. The van der Waals surface area contributed by atoms with Crippen LogP contribution in [0.1, 0.15) is 34.8 Å². The molecule has 1 aliphatic rings. The molecule has 6 nitrogen and oxygen atoms in total. The third-order valence-corrected chi connectivity index (χ3v) is 3.74. The highest BCUT2D eigenvalue weighted by atomic mass is 35.5. The van der Waals surface area contributed by atoms with Crippen LogP contribution in [-0.4, -0.2) is 20.7 Å². The molecule has 2 aromatic rings. The second-order valence-electron chi connectivity index (χ2n) is 4.95. The number of ether oxygens (including phenoxy) is 1. The van der Waals surface area contributed by atoms with Gasteiger partial charge in [0.05, 0.1) is 5.56 Å². The summed E-state index contributed by atoms with van der Waals surface area (Å²) in [6, 6.07) is 4.71. The second kappa shape index (κ2) is 5.73. The maximum atomic E-state index is 12.1. The molecule has 0 fully saturated rings. The third-order valence-electron chi connectivity index (χ3n) is 3.50. The first-order chi connectivity index (χ1) is 10.1. The molecule has 2 N–H and O–H groups in total. The molecule has 0 atom stereocenters. The Morgan fingerprint density at radius 3 is 3.10 bits per heavy atom. The van der Waals surface area contributed by atoms with Crippen LogP contribution < -0.4 is 5.73 Å². The topological polar surface area (TPSA) is 83.0 Å². The summed E-state index contributed by atoms with van der Waals surface area (Å²) in [4.78, 5) is 12.1. The molecular weight excluding hydrogens is 292 g/mol. The van der Waals surface area contributed by atoms with Gasteiger partial charge in [-0.3, -0.25) is 0 Å². The van der Waals surface area contributed by atoms with Crippen LogP contribution >= 0.6 is 11.6 Å². The Morgan fingerprint density at radius 2 is 2.24 bits per heavy atom. The van der Waals surface area contributed by atoms with Crippen molar-refractivity contribution in [1.82, 2.24) is 14.8 Å². The van der Waals surface area contributed by atoms with Gasteiger partial charge in [0.2, 0.25) is 0 Å². The molecular formula is C14H15ClN4O2. The smallest absolute Gasteiger partial charge is 0.340 e. The van der Waals surface area contributed by atoms with Gasteiger partial charge in [-0.1, -0.05) is 11.6 Å². The van der Waals surface area contributed by atoms with Crippen molar-refractivity contribution in [3.8, 4) is 0 Å². The van der Waals surface area contributed by atoms with E-state index in [1.807, 2.05) is 4.57 Å². The molecule has 0 unspecified atom stereocenters. The zero-order chi connectivity index (χ0) is 14.8. The van der Waals surface area contributed by atoms with Crippen LogP contribution in [0.3, 0.4) is 0 Å². The first-order valence-electron chi connectivity index (χ1n) is 6.78. The van der Waals surface area contributed by atoms with E-state index >= 15 is 0 Å². The van der Waals surface area contributed by atoms with Gasteiger partial charge in [-0.15, -0.1) is 10.2 Å². The Kier molecular flexibility index (Phi) is 3.79. The zero-order valence-corrected chi connectivity index (χ0v) is 12.1. The Balaban J connectivity index is 1.71. The lowest BCUT2D eigenvalue weighted by Crippen LogP contribution is -2.15. The molecule has 0 amide bonds. The molecule has 7 heteroatoms. The van der Waals surface area contributed by atoms with Crippen LogP contribution in [0.15, 0.2) is 18.2 Å². The van der Waals surface area contributed by atoms with Gasteiger partial charge in [0, 0.05) is 23.7 Å². The van der Waals surface area contributed by atoms with Gasteiger partial charge in [-0.05, 0) is 31.0 Å². The number of aromatic nitrogens is 3. The van der Waals surface area contributed by atoms with Crippen molar-refractivity contribution >= 4 is 23.3 Å². The Bertz CT molecular complexity index is 684. The minimum absolute atomic E-state index is 0.0811. The van der Waals surface area contributed by atoms with Crippen LogP contribution in [0.5, 0.6) is 0 Å². The molecule has 0 saturated carbocycles.